The molecule has 1 amide bonds. The fourth-order valence-electron chi connectivity index (χ4n) is 5.81. The fourth-order valence-corrected chi connectivity index (χ4v) is 6.17. The molecular weight excluding hydrogens is 585 g/mol. The van der Waals surface area contributed by atoms with Gasteiger partial charge in [-0.15, -0.1) is 0 Å². The monoisotopic (exact) mass is 660 g/mol. The maximum absolute atomic E-state index is 12.5. The van der Waals surface area contributed by atoms with Gasteiger partial charge in [0.15, 0.2) is 0 Å². The number of carbonyl (C=O) groups excluding carboxylic acids is 1. The van der Waals surface area contributed by atoms with Gasteiger partial charge in [0.25, 0.3) is 0 Å². The number of rotatable bonds is 35. The Labute approximate surface area is 278 Å². The fraction of sp³-hybridized carbons (Fsp3) is 0.919. The molecule has 0 aliphatic carbocycles. The lowest BCUT2D eigenvalue weighted by atomic mass is 10.0. The maximum atomic E-state index is 12.5. The number of hydrogen-bond donors (Lipinski definition) is 4. The third-order valence-corrected chi connectivity index (χ3v) is 9.23. The summed E-state index contributed by atoms with van der Waals surface area (Å²) < 4.78 is 15.9. The number of aliphatic hydroxyl groups excluding tert-OH is 1. The van der Waals surface area contributed by atoms with Crippen molar-refractivity contribution >= 4 is 13.7 Å². The predicted octanol–water partition coefficient (Wildman–Crippen LogP) is 10.9. The van der Waals surface area contributed by atoms with Crippen molar-refractivity contribution in [3.05, 3.63) is 12.2 Å². The number of phosphoric acid groups is 1. The molecule has 0 aromatic rings. The first-order chi connectivity index (χ1) is 21.8. The van der Waals surface area contributed by atoms with E-state index < -0.39 is 26.6 Å². The van der Waals surface area contributed by atoms with E-state index in [0.717, 1.165) is 38.5 Å². The molecule has 0 saturated heterocycles. The van der Waals surface area contributed by atoms with Crippen molar-refractivity contribution in [1.29, 1.82) is 0 Å². The van der Waals surface area contributed by atoms with Crippen LogP contribution in [0.3, 0.4) is 0 Å². The topological polar surface area (TPSA) is 116 Å². The molecule has 4 N–H and O–H groups in total. The van der Waals surface area contributed by atoms with Crippen LogP contribution in [0.4, 0.5) is 0 Å². The van der Waals surface area contributed by atoms with Crippen molar-refractivity contribution in [3.8, 4) is 0 Å². The minimum absolute atomic E-state index is 0.225. The minimum atomic E-state index is -4.70. The first kappa shape index (κ1) is 44.3. The second-order valence-corrected chi connectivity index (χ2v) is 14.5. The number of amides is 1. The summed E-state index contributed by atoms with van der Waals surface area (Å²) in [6.07, 6.45) is 37.9. The summed E-state index contributed by atoms with van der Waals surface area (Å²) in [5.41, 5.74) is 0. The van der Waals surface area contributed by atoms with Crippen LogP contribution >= 0.6 is 7.82 Å². The predicted molar refractivity (Wildman–Crippen MR) is 190 cm³/mol. The maximum Gasteiger partial charge on any atom is 0.469 e. The summed E-state index contributed by atoms with van der Waals surface area (Å²) in [4.78, 5) is 30.8. The molecule has 7 nitrogen and oxygen atoms in total. The van der Waals surface area contributed by atoms with E-state index in [0.29, 0.717) is 6.42 Å². The molecule has 8 heteroatoms. The van der Waals surface area contributed by atoms with Crippen molar-refractivity contribution in [2.24, 2.45) is 0 Å². The third-order valence-electron chi connectivity index (χ3n) is 8.75. The number of nitrogens with one attached hydrogen (secondary N) is 1. The van der Waals surface area contributed by atoms with Crippen LogP contribution in [0, 0.1) is 0 Å². The van der Waals surface area contributed by atoms with Gasteiger partial charge in [-0.25, -0.2) is 4.57 Å². The lowest BCUT2D eigenvalue weighted by Crippen LogP contribution is -2.45. The highest BCUT2D eigenvalue weighted by atomic mass is 31.2. The number of unbranched alkanes of at least 4 members (excludes halogenated alkanes) is 26. The summed E-state index contributed by atoms with van der Waals surface area (Å²) in [5.74, 6) is -0.225. The van der Waals surface area contributed by atoms with Crippen LogP contribution in [0.1, 0.15) is 200 Å². The standard InChI is InChI=1S/C37H74NO6P/c1-3-5-7-9-11-13-15-17-19-21-23-25-27-29-31-33-37(40)38-35(34-44-45(41,42)43)36(39)32-30-28-26-24-22-20-18-16-14-12-10-8-6-4-2/h30,32,35-36,39H,3-29,31,33-34H2,1-2H3,(H,38,40)(H2,41,42,43)/b32-30+/t35-,36+/m0/s1. The Morgan fingerprint density at radius 2 is 0.978 bits per heavy atom. The number of carbonyl (C=O) groups is 1. The van der Waals surface area contributed by atoms with Gasteiger partial charge in [0.05, 0.1) is 18.8 Å². The Hall–Kier alpha value is -0.720. The summed E-state index contributed by atoms with van der Waals surface area (Å²) in [6.45, 7) is 4.07. The van der Waals surface area contributed by atoms with E-state index in [2.05, 4.69) is 23.7 Å². The quantitative estimate of drug-likeness (QED) is 0.0306. The second kappa shape index (κ2) is 33.2. The van der Waals surface area contributed by atoms with Gasteiger partial charge in [0.2, 0.25) is 5.91 Å². The molecular formula is C37H74NO6P. The van der Waals surface area contributed by atoms with Gasteiger partial charge in [-0.05, 0) is 19.3 Å². The van der Waals surface area contributed by atoms with E-state index in [1.165, 1.54) is 141 Å². The molecule has 0 aliphatic rings. The van der Waals surface area contributed by atoms with Crippen LogP contribution < -0.4 is 5.32 Å². The molecule has 0 bridgehead atoms. The third kappa shape index (κ3) is 34.4. The van der Waals surface area contributed by atoms with Crippen LogP contribution in [0.2, 0.25) is 0 Å². The number of hydrogen-bond acceptors (Lipinski definition) is 4. The molecule has 0 fully saturated rings. The normalized spacial score (nSPS) is 13.4. The summed E-state index contributed by atoms with van der Waals surface area (Å²) in [7, 11) is -4.70. The Morgan fingerprint density at radius 1 is 0.622 bits per heavy atom. The van der Waals surface area contributed by atoms with Gasteiger partial charge in [0, 0.05) is 6.42 Å². The molecule has 268 valence electrons. The van der Waals surface area contributed by atoms with E-state index in [-0.39, 0.29) is 5.91 Å². The smallest absolute Gasteiger partial charge is 0.387 e. The lowest BCUT2D eigenvalue weighted by Gasteiger charge is -2.22. The summed E-state index contributed by atoms with van der Waals surface area (Å²) >= 11 is 0. The highest BCUT2D eigenvalue weighted by Crippen LogP contribution is 2.35. The van der Waals surface area contributed by atoms with Gasteiger partial charge in [-0.3, -0.25) is 9.32 Å². The van der Waals surface area contributed by atoms with Crippen molar-refractivity contribution in [2.75, 3.05) is 6.61 Å². The SMILES string of the molecule is CCCCCCCCCCCCCC/C=C/[C@@H](O)[C@H](COP(=O)(O)O)NC(=O)CCCCCCCCCCCCCCCCC. The Morgan fingerprint density at radius 3 is 1.36 bits per heavy atom. The zero-order valence-corrected chi connectivity index (χ0v) is 30.4. The van der Waals surface area contributed by atoms with Gasteiger partial charge in [0.1, 0.15) is 0 Å². The van der Waals surface area contributed by atoms with E-state index in [4.69, 9.17) is 9.79 Å². The van der Waals surface area contributed by atoms with Crippen molar-refractivity contribution in [2.45, 2.75) is 212 Å². The van der Waals surface area contributed by atoms with E-state index >= 15 is 0 Å². The largest absolute Gasteiger partial charge is 0.469 e. The molecule has 0 spiro atoms. The first-order valence-corrected chi connectivity index (χ1v) is 20.7. The minimum Gasteiger partial charge on any atom is -0.387 e. The highest BCUT2D eigenvalue weighted by molar-refractivity contribution is 7.46. The van der Waals surface area contributed by atoms with Crippen LogP contribution in [0.5, 0.6) is 0 Å². The van der Waals surface area contributed by atoms with Crippen molar-refractivity contribution in [1.82, 2.24) is 5.32 Å². The zero-order valence-electron chi connectivity index (χ0n) is 29.5. The molecule has 0 heterocycles. The number of aliphatic hydroxyl groups is 1. The first-order valence-electron chi connectivity index (χ1n) is 19.1. The van der Waals surface area contributed by atoms with E-state index in [9.17, 15) is 14.5 Å². The summed E-state index contributed by atoms with van der Waals surface area (Å²) in [6, 6.07) is -0.903. The van der Waals surface area contributed by atoms with Crippen molar-refractivity contribution < 1.29 is 28.8 Å². The second-order valence-electron chi connectivity index (χ2n) is 13.3. The average molecular weight is 660 g/mol. The molecule has 0 rings (SSSR count). The molecule has 0 saturated carbocycles. The molecule has 0 aliphatic heterocycles. The highest BCUT2D eigenvalue weighted by Gasteiger charge is 2.24. The van der Waals surface area contributed by atoms with Crippen LogP contribution in [-0.2, 0) is 13.9 Å². The molecule has 0 aromatic heterocycles. The Kier molecular flexibility index (Phi) is 32.7. The lowest BCUT2D eigenvalue weighted by molar-refractivity contribution is -0.123. The van der Waals surface area contributed by atoms with Crippen LogP contribution in [-0.4, -0.2) is 39.6 Å². The molecule has 0 aromatic carbocycles. The number of allylic oxidation sites excluding steroid dienone is 1. The molecule has 2 atom stereocenters. The van der Waals surface area contributed by atoms with Gasteiger partial charge < -0.3 is 20.2 Å². The average Bonchev–Trinajstić information content (AvgIpc) is 3.00. The van der Waals surface area contributed by atoms with Gasteiger partial charge in [-0.2, -0.15) is 0 Å². The molecule has 0 unspecified atom stereocenters. The Balaban J connectivity index is 4.01. The zero-order chi connectivity index (χ0) is 33.3. The van der Waals surface area contributed by atoms with Gasteiger partial charge in [-0.1, -0.05) is 187 Å². The molecule has 45 heavy (non-hydrogen) atoms. The van der Waals surface area contributed by atoms with Crippen LogP contribution in [0.25, 0.3) is 0 Å². The van der Waals surface area contributed by atoms with Crippen LogP contribution in [0.15, 0.2) is 12.2 Å². The van der Waals surface area contributed by atoms with E-state index in [1.54, 1.807) is 6.08 Å². The van der Waals surface area contributed by atoms with Crippen molar-refractivity contribution in [3.63, 3.8) is 0 Å². The molecule has 0 radical (unpaired) electrons. The van der Waals surface area contributed by atoms with Gasteiger partial charge >= 0.3 is 7.82 Å². The summed E-state index contributed by atoms with van der Waals surface area (Å²) in [5, 5.41) is 13.3. The van der Waals surface area contributed by atoms with E-state index in [1.807, 2.05) is 6.08 Å². The Bertz CT molecular complexity index is 713. The number of phosphoric ester groups is 1.